The first-order valence-corrected chi connectivity index (χ1v) is 5.68. The van der Waals surface area contributed by atoms with E-state index in [0.717, 1.165) is 5.56 Å². The number of ether oxygens (including phenoxy) is 1. The van der Waals surface area contributed by atoms with Gasteiger partial charge >= 0.3 is 6.09 Å². The molecular weight excluding hydrogens is 218 g/mol. The van der Waals surface area contributed by atoms with Crippen LogP contribution in [0.25, 0.3) is 0 Å². The Hall–Kier alpha value is -1.55. The number of rotatable bonds is 2. The average molecular weight is 235 g/mol. The monoisotopic (exact) mass is 235 g/mol. The van der Waals surface area contributed by atoms with E-state index in [1.807, 2.05) is 44.2 Å². The van der Waals surface area contributed by atoms with E-state index in [9.17, 15) is 9.90 Å². The van der Waals surface area contributed by atoms with Crippen LogP contribution in [0.5, 0.6) is 0 Å². The molecule has 0 saturated carbocycles. The molecule has 1 fully saturated rings. The predicted molar refractivity (Wildman–Crippen MR) is 63.4 cm³/mol. The lowest BCUT2D eigenvalue weighted by Gasteiger charge is -2.51. The first kappa shape index (κ1) is 11.9. The number of amides is 1. The van der Waals surface area contributed by atoms with Crippen molar-refractivity contribution in [2.75, 3.05) is 6.54 Å². The molecule has 1 saturated heterocycles. The molecule has 1 heterocycles. The van der Waals surface area contributed by atoms with Crippen LogP contribution in [0.3, 0.4) is 0 Å². The highest BCUT2D eigenvalue weighted by Crippen LogP contribution is 2.30. The van der Waals surface area contributed by atoms with E-state index < -0.39 is 11.6 Å². The van der Waals surface area contributed by atoms with Gasteiger partial charge in [-0.2, -0.15) is 0 Å². The molecule has 4 heteroatoms. The zero-order valence-electron chi connectivity index (χ0n) is 10.1. The normalized spacial score (nSPS) is 21.8. The summed E-state index contributed by atoms with van der Waals surface area (Å²) in [6, 6.07) is 9.54. The number of likely N-dealkylation sites (tertiary alicyclic amines) is 1. The third kappa shape index (κ3) is 2.26. The maximum atomic E-state index is 11.8. The second-order valence-electron chi connectivity index (χ2n) is 4.82. The molecule has 0 aliphatic carbocycles. The molecule has 0 radical (unpaired) electrons. The molecule has 1 N–H and O–H groups in total. The molecule has 1 aromatic carbocycles. The Balaban J connectivity index is 1.87. The lowest BCUT2D eigenvalue weighted by atomic mass is 9.86. The quantitative estimate of drug-likeness (QED) is 0.850. The lowest BCUT2D eigenvalue weighted by Crippen LogP contribution is -2.69. The Morgan fingerprint density at radius 2 is 2.12 bits per heavy atom. The Morgan fingerprint density at radius 1 is 1.47 bits per heavy atom. The summed E-state index contributed by atoms with van der Waals surface area (Å²) < 4.78 is 5.19. The zero-order valence-corrected chi connectivity index (χ0v) is 10.1. The van der Waals surface area contributed by atoms with Gasteiger partial charge in [-0.25, -0.2) is 4.79 Å². The lowest BCUT2D eigenvalue weighted by molar-refractivity contribution is -0.104. The number of hydrogen-bond acceptors (Lipinski definition) is 3. The van der Waals surface area contributed by atoms with Crippen molar-refractivity contribution in [1.29, 1.82) is 0 Å². The van der Waals surface area contributed by atoms with Crippen molar-refractivity contribution in [2.45, 2.75) is 32.1 Å². The fourth-order valence-electron chi connectivity index (χ4n) is 1.81. The molecule has 1 unspecified atom stereocenters. The molecule has 0 aromatic heterocycles. The minimum absolute atomic E-state index is 0.266. The Morgan fingerprint density at radius 3 is 2.65 bits per heavy atom. The second-order valence-corrected chi connectivity index (χ2v) is 4.82. The zero-order chi connectivity index (χ0) is 12.5. The summed E-state index contributed by atoms with van der Waals surface area (Å²) >= 11 is 0. The topological polar surface area (TPSA) is 49.8 Å². The van der Waals surface area contributed by atoms with Gasteiger partial charge in [0, 0.05) is 0 Å². The molecule has 1 aliphatic rings. The van der Waals surface area contributed by atoms with Gasteiger partial charge in [-0.05, 0) is 19.4 Å². The van der Waals surface area contributed by atoms with Gasteiger partial charge in [-0.15, -0.1) is 0 Å². The van der Waals surface area contributed by atoms with Gasteiger partial charge < -0.3 is 9.84 Å². The van der Waals surface area contributed by atoms with E-state index >= 15 is 0 Å². The molecule has 0 spiro atoms. The van der Waals surface area contributed by atoms with Crippen molar-refractivity contribution in [2.24, 2.45) is 0 Å². The van der Waals surface area contributed by atoms with E-state index in [2.05, 4.69) is 0 Å². The molecule has 1 atom stereocenters. The van der Waals surface area contributed by atoms with E-state index in [0.29, 0.717) is 6.54 Å². The minimum atomic E-state index is -0.520. The summed E-state index contributed by atoms with van der Waals surface area (Å²) in [5.41, 5.74) is 0.438. The molecule has 2 rings (SSSR count). The first-order valence-electron chi connectivity index (χ1n) is 5.68. The van der Waals surface area contributed by atoms with Crippen LogP contribution in [0.4, 0.5) is 4.79 Å². The number of benzene rings is 1. The fourth-order valence-corrected chi connectivity index (χ4v) is 1.81. The number of nitrogens with zero attached hydrogens (tertiary/aromatic N) is 1. The van der Waals surface area contributed by atoms with Crippen molar-refractivity contribution >= 4 is 6.09 Å². The van der Waals surface area contributed by atoms with Crippen LogP contribution in [0.2, 0.25) is 0 Å². The maximum Gasteiger partial charge on any atom is 0.410 e. The standard InChI is InChI=1S/C13H17NO3/c1-13(2)11(15)8-14(13)12(16)17-9-10-6-4-3-5-7-10/h3-7,11,15H,8-9H2,1-2H3. The highest BCUT2D eigenvalue weighted by Gasteiger charge is 2.48. The first-order chi connectivity index (χ1) is 8.01. The van der Waals surface area contributed by atoms with Crippen molar-refractivity contribution in [3.05, 3.63) is 35.9 Å². The molecule has 4 nitrogen and oxygen atoms in total. The SMILES string of the molecule is CC1(C)C(O)CN1C(=O)OCc1ccccc1. The van der Waals surface area contributed by atoms with E-state index in [1.54, 1.807) is 4.90 Å². The van der Waals surface area contributed by atoms with E-state index in [4.69, 9.17) is 4.74 Å². The largest absolute Gasteiger partial charge is 0.445 e. The molecule has 0 bridgehead atoms. The van der Waals surface area contributed by atoms with Gasteiger partial charge in [-0.1, -0.05) is 30.3 Å². The number of carbonyl (C=O) groups is 1. The molecule has 1 amide bonds. The van der Waals surface area contributed by atoms with Crippen molar-refractivity contribution < 1.29 is 14.6 Å². The van der Waals surface area contributed by atoms with Crippen molar-refractivity contribution in [3.8, 4) is 0 Å². The van der Waals surface area contributed by atoms with Crippen LogP contribution in [0, 0.1) is 0 Å². The Bertz CT molecular complexity index is 402. The maximum absolute atomic E-state index is 11.8. The van der Waals surface area contributed by atoms with Crippen molar-refractivity contribution in [3.63, 3.8) is 0 Å². The van der Waals surface area contributed by atoms with Gasteiger partial charge in [0.2, 0.25) is 0 Å². The fraction of sp³-hybridized carbons (Fsp3) is 0.462. The molecule has 1 aromatic rings. The van der Waals surface area contributed by atoms with Crippen LogP contribution in [0.15, 0.2) is 30.3 Å². The third-order valence-corrected chi connectivity index (χ3v) is 3.29. The van der Waals surface area contributed by atoms with E-state index in [1.165, 1.54) is 0 Å². The molecule has 1 aliphatic heterocycles. The van der Waals surface area contributed by atoms with Crippen LogP contribution < -0.4 is 0 Å². The highest BCUT2D eigenvalue weighted by molar-refractivity contribution is 5.70. The van der Waals surface area contributed by atoms with Crippen LogP contribution in [0.1, 0.15) is 19.4 Å². The highest BCUT2D eigenvalue weighted by atomic mass is 16.6. The number of aliphatic hydroxyl groups excluding tert-OH is 1. The number of carbonyl (C=O) groups excluding carboxylic acids is 1. The van der Waals surface area contributed by atoms with Gasteiger partial charge in [0.1, 0.15) is 6.61 Å². The summed E-state index contributed by atoms with van der Waals surface area (Å²) in [5.74, 6) is 0. The number of hydrogen-bond donors (Lipinski definition) is 1. The van der Waals surface area contributed by atoms with Crippen LogP contribution >= 0.6 is 0 Å². The van der Waals surface area contributed by atoms with Gasteiger partial charge in [0.05, 0.1) is 18.2 Å². The van der Waals surface area contributed by atoms with E-state index in [-0.39, 0.29) is 12.7 Å². The predicted octanol–water partition coefficient (Wildman–Crippen LogP) is 1.78. The average Bonchev–Trinajstić information content (AvgIpc) is 2.34. The summed E-state index contributed by atoms with van der Waals surface area (Å²) in [7, 11) is 0. The smallest absolute Gasteiger partial charge is 0.410 e. The summed E-state index contributed by atoms with van der Waals surface area (Å²) in [6.45, 7) is 4.26. The van der Waals surface area contributed by atoms with Crippen molar-refractivity contribution in [1.82, 2.24) is 4.90 Å². The van der Waals surface area contributed by atoms with Gasteiger partial charge in [0.25, 0.3) is 0 Å². The molecule has 92 valence electrons. The van der Waals surface area contributed by atoms with Gasteiger partial charge in [-0.3, -0.25) is 4.90 Å². The second kappa shape index (κ2) is 4.37. The number of aliphatic hydroxyl groups is 1. The summed E-state index contributed by atoms with van der Waals surface area (Å²) in [4.78, 5) is 13.3. The summed E-state index contributed by atoms with van der Waals surface area (Å²) in [6.07, 6.45) is -0.837. The van der Waals surface area contributed by atoms with Gasteiger partial charge in [0.15, 0.2) is 0 Å². The Kier molecular flexibility index (Phi) is 3.07. The third-order valence-electron chi connectivity index (χ3n) is 3.29. The van der Waals surface area contributed by atoms with Crippen LogP contribution in [-0.4, -0.2) is 34.3 Å². The molecular formula is C13H17NO3. The number of β-amino-alcohol motifs (C(OH)–C–C–N with tert-alkyl or cyclic N) is 1. The van der Waals surface area contributed by atoms with Crippen LogP contribution in [-0.2, 0) is 11.3 Å². The summed E-state index contributed by atoms with van der Waals surface area (Å²) in [5, 5.41) is 9.53. The Labute approximate surface area is 101 Å². The minimum Gasteiger partial charge on any atom is -0.445 e. The molecule has 17 heavy (non-hydrogen) atoms.